The third-order valence-electron chi connectivity index (χ3n) is 5.56. The van der Waals surface area contributed by atoms with E-state index in [9.17, 15) is 9.59 Å². The third kappa shape index (κ3) is 6.72. The summed E-state index contributed by atoms with van der Waals surface area (Å²) in [6.07, 6.45) is 7.76. The number of halogens is 1. The van der Waals surface area contributed by atoms with Crippen molar-refractivity contribution in [3.05, 3.63) is 54.1 Å². The molecule has 31 heavy (non-hydrogen) atoms. The Morgan fingerprint density at radius 1 is 1.29 bits per heavy atom. The number of thioether (sulfide) groups is 1. The van der Waals surface area contributed by atoms with Crippen LogP contribution in [-0.4, -0.2) is 75.9 Å². The number of piperidine rings is 1. The largest absolute Gasteiger partial charge is 0.467 e. The number of likely N-dealkylation sites (tertiary alicyclic amines) is 1. The fourth-order valence-electron chi connectivity index (χ4n) is 4.00. The predicted molar refractivity (Wildman–Crippen MR) is 126 cm³/mol. The number of benzene rings is 1. The predicted octanol–water partition coefficient (Wildman–Crippen LogP) is 3.23. The van der Waals surface area contributed by atoms with Crippen LogP contribution in [0.4, 0.5) is 0 Å². The Balaban J connectivity index is 0.00000341. The first-order valence-corrected chi connectivity index (χ1v) is 11.7. The SMILES string of the molecule is COC(=O)[C@H](CCSC)N(C(=O)c1ccccc1)C1CCN(Cc2cnc[nH]2)CC1.Cl. The summed E-state index contributed by atoms with van der Waals surface area (Å²) in [6.45, 7) is 2.53. The Morgan fingerprint density at radius 3 is 2.58 bits per heavy atom. The number of imidazole rings is 1. The van der Waals surface area contributed by atoms with Crippen LogP contribution in [0.3, 0.4) is 0 Å². The number of aromatic nitrogens is 2. The maximum Gasteiger partial charge on any atom is 0.328 e. The Hall–Kier alpha value is -2.03. The van der Waals surface area contributed by atoms with E-state index in [0.29, 0.717) is 12.0 Å². The summed E-state index contributed by atoms with van der Waals surface area (Å²) in [7, 11) is 1.40. The van der Waals surface area contributed by atoms with Crippen LogP contribution in [-0.2, 0) is 16.1 Å². The molecule has 1 aromatic heterocycles. The summed E-state index contributed by atoms with van der Waals surface area (Å²) >= 11 is 1.67. The van der Waals surface area contributed by atoms with Crippen molar-refractivity contribution in [2.75, 3.05) is 32.2 Å². The maximum absolute atomic E-state index is 13.5. The molecule has 1 fully saturated rings. The van der Waals surface area contributed by atoms with Gasteiger partial charge in [0, 0.05) is 43.1 Å². The van der Waals surface area contributed by atoms with Gasteiger partial charge in [0.15, 0.2) is 0 Å². The van der Waals surface area contributed by atoms with Crippen molar-refractivity contribution < 1.29 is 14.3 Å². The second-order valence-electron chi connectivity index (χ2n) is 7.48. The zero-order valence-corrected chi connectivity index (χ0v) is 19.7. The number of nitrogens with one attached hydrogen (secondary N) is 1. The molecule has 1 atom stereocenters. The number of hydrogen-bond acceptors (Lipinski definition) is 6. The lowest BCUT2D eigenvalue weighted by Crippen LogP contribution is -2.54. The van der Waals surface area contributed by atoms with Crippen molar-refractivity contribution >= 4 is 36.0 Å². The van der Waals surface area contributed by atoms with Crippen LogP contribution < -0.4 is 0 Å². The monoisotopic (exact) mass is 466 g/mol. The first kappa shape index (κ1) is 25.2. The molecule has 1 aliphatic rings. The van der Waals surface area contributed by atoms with Gasteiger partial charge in [0.2, 0.25) is 0 Å². The molecular formula is C22H31ClN4O3S. The van der Waals surface area contributed by atoms with Crippen molar-refractivity contribution in [2.45, 2.75) is 37.9 Å². The smallest absolute Gasteiger partial charge is 0.328 e. The second-order valence-corrected chi connectivity index (χ2v) is 8.47. The van der Waals surface area contributed by atoms with Gasteiger partial charge in [0.05, 0.1) is 13.4 Å². The summed E-state index contributed by atoms with van der Waals surface area (Å²) in [4.78, 5) is 37.5. The van der Waals surface area contributed by atoms with Gasteiger partial charge in [-0.05, 0) is 43.4 Å². The summed E-state index contributed by atoms with van der Waals surface area (Å²) in [6, 6.07) is 8.65. The number of rotatable bonds is 9. The van der Waals surface area contributed by atoms with E-state index in [1.54, 1.807) is 23.0 Å². The van der Waals surface area contributed by atoms with E-state index < -0.39 is 6.04 Å². The minimum atomic E-state index is -0.570. The number of H-pyrrole nitrogens is 1. The lowest BCUT2D eigenvalue weighted by atomic mass is 9.98. The molecule has 1 aliphatic heterocycles. The normalized spacial score (nSPS) is 15.7. The highest BCUT2D eigenvalue weighted by atomic mass is 35.5. The molecule has 0 bridgehead atoms. The minimum absolute atomic E-state index is 0. The number of ether oxygens (including phenoxy) is 1. The van der Waals surface area contributed by atoms with Crippen LogP contribution in [0, 0.1) is 0 Å². The van der Waals surface area contributed by atoms with E-state index in [4.69, 9.17) is 4.74 Å². The molecule has 0 saturated carbocycles. The topological polar surface area (TPSA) is 78.5 Å². The van der Waals surface area contributed by atoms with Gasteiger partial charge in [-0.3, -0.25) is 9.69 Å². The van der Waals surface area contributed by atoms with Gasteiger partial charge in [0.25, 0.3) is 5.91 Å². The van der Waals surface area contributed by atoms with Gasteiger partial charge in [-0.1, -0.05) is 18.2 Å². The summed E-state index contributed by atoms with van der Waals surface area (Å²) in [5.41, 5.74) is 1.69. The van der Waals surface area contributed by atoms with Gasteiger partial charge in [0.1, 0.15) is 6.04 Å². The lowest BCUT2D eigenvalue weighted by molar-refractivity contribution is -0.147. The van der Waals surface area contributed by atoms with Crippen LogP contribution >= 0.6 is 24.2 Å². The average Bonchev–Trinajstić information content (AvgIpc) is 3.30. The molecule has 9 heteroatoms. The highest BCUT2D eigenvalue weighted by Gasteiger charge is 2.37. The van der Waals surface area contributed by atoms with Crippen LogP contribution in [0.1, 0.15) is 35.3 Å². The van der Waals surface area contributed by atoms with Crippen LogP contribution in [0.25, 0.3) is 0 Å². The number of hydrogen-bond donors (Lipinski definition) is 1. The maximum atomic E-state index is 13.5. The minimum Gasteiger partial charge on any atom is -0.467 e. The first-order valence-electron chi connectivity index (χ1n) is 10.3. The molecule has 0 radical (unpaired) electrons. The van der Waals surface area contributed by atoms with Crippen molar-refractivity contribution in [1.82, 2.24) is 19.8 Å². The average molecular weight is 467 g/mol. The molecular weight excluding hydrogens is 436 g/mol. The Morgan fingerprint density at radius 2 is 2.00 bits per heavy atom. The zero-order chi connectivity index (χ0) is 21.3. The Labute approximate surface area is 194 Å². The van der Waals surface area contributed by atoms with Gasteiger partial charge in [-0.15, -0.1) is 12.4 Å². The highest BCUT2D eigenvalue weighted by molar-refractivity contribution is 7.98. The van der Waals surface area contributed by atoms with Crippen LogP contribution in [0.5, 0.6) is 0 Å². The lowest BCUT2D eigenvalue weighted by Gasteiger charge is -2.41. The molecule has 3 rings (SSSR count). The van der Waals surface area contributed by atoms with E-state index in [2.05, 4.69) is 14.9 Å². The number of nitrogens with zero attached hydrogens (tertiary/aromatic N) is 3. The molecule has 2 heterocycles. The molecule has 7 nitrogen and oxygen atoms in total. The van der Waals surface area contributed by atoms with E-state index in [-0.39, 0.29) is 30.3 Å². The fourth-order valence-corrected chi connectivity index (χ4v) is 4.45. The first-order chi connectivity index (χ1) is 14.6. The molecule has 0 aliphatic carbocycles. The summed E-state index contributed by atoms with van der Waals surface area (Å²) < 4.78 is 5.09. The molecule has 0 spiro atoms. The number of aromatic amines is 1. The molecule has 2 aromatic rings. The highest BCUT2D eigenvalue weighted by Crippen LogP contribution is 2.25. The van der Waals surface area contributed by atoms with Gasteiger partial charge in [-0.2, -0.15) is 11.8 Å². The van der Waals surface area contributed by atoms with Crippen molar-refractivity contribution in [3.8, 4) is 0 Å². The molecule has 1 saturated heterocycles. The molecule has 1 amide bonds. The fraction of sp³-hybridized carbons (Fsp3) is 0.500. The van der Waals surface area contributed by atoms with E-state index >= 15 is 0 Å². The van der Waals surface area contributed by atoms with E-state index in [1.165, 1.54) is 7.11 Å². The quantitative estimate of drug-likeness (QED) is 0.571. The molecule has 1 aromatic carbocycles. The Kier molecular flexibility index (Phi) is 10.4. The van der Waals surface area contributed by atoms with Gasteiger partial charge >= 0.3 is 5.97 Å². The number of carbonyl (C=O) groups excluding carboxylic acids is 2. The van der Waals surface area contributed by atoms with Crippen molar-refractivity contribution in [1.29, 1.82) is 0 Å². The summed E-state index contributed by atoms with van der Waals surface area (Å²) in [5.74, 6) is 0.351. The summed E-state index contributed by atoms with van der Waals surface area (Å²) in [5, 5.41) is 0. The Bertz CT molecular complexity index is 798. The molecule has 0 unspecified atom stereocenters. The number of esters is 1. The number of carbonyl (C=O) groups is 2. The third-order valence-corrected chi connectivity index (χ3v) is 6.20. The van der Waals surface area contributed by atoms with E-state index in [1.807, 2.05) is 42.8 Å². The van der Waals surface area contributed by atoms with Crippen molar-refractivity contribution in [2.24, 2.45) is 0 Å². The molecule has 170 valence electrons. The van der Waals surface area contributed by atoms with E-state index in [0.717, 1.165) is 43.9 Å². The van der Waals surface area contributed by atoms with Crippen LogP contribution in [0.2, 0.25) is 0 Å². The standard InChI is InChI=1S/C22H30N4O3S.ClH/c1-29-22(28)20(10-13-30-2)26(21(27)17-6-4-3-5-7-17)19-8-11-25(12-9-19)15-18-14-23-16-24-18;/h3-7,14,16,19-20H,8-13,15H2,1-2H3,(H,23,24);1H/t20-;/m0./s1. The zero-order valence-electron chi connectivity index (χ0n) is 18.0. The van der Waals surface area contributed by atoms with Gasteiger partial charge in [-0.25, -0.2) is 9.78 Å². The molecule has 1 N–H and O–H groups in total. The van der Waals surface area contributed by atoms with Crippen molar-refractivity contribution in [3.63, 3.8) is 0 Å². The van der Waals surface area contributed by atoms with Gasteiger partial charge < -0.3 is 14.6 Å². The number of amides is 1. The number of methoxy groups -OCH3 is 1. The van der Waals surface area contributed by atoms with Crippen LogP contribution in [0.15, 0.2) is 42.9 Å². The second kappa shape index (κ2) is 12.7.